The molecule has 1 fully saturated rings. The highest BCUT2D eigenvalue weighted by Crippen LogP contribution is 2.24. The van der Waals surface area contributed by atoms with Crippen LogP contribution in [0.25, 0.3) is 11.0 Å². The Morgan fingerprint density at radius 1 is 1.37 bits per heavy atom. The minimum Gasteiger partial charge on any atom is -0.341 e. The third-order valence-corrected chi connectivity index (χ3v) is 3.76. The van der Waals surface area contributed by atoms with Crippen molar-refractivity contribution in [1.29, 1.82) is 0 Å². The number of rotatable bonds is 3. The van der Waals surface area contributed by atoms with Gasteiger partial charge in [0.2, 0.25) is 0 Å². The molecule has 1 aliphatic rings. The lowest BCUT2D eigenvalue weighted by Gasteiger charge is -2.33. The van der Waals surface area contributed by atoms with Crippen LogP contribution < -0.4 is 5.32 Å². The summed E-state index contributed by atoms with van der Waals surface area (Å²) in [6, 6.07) is 4.99. The molecule has 0 bridgehead atoms. The number of aromatic amines is 1. The van der Waals surface area contributed by atoms with Crippen LogP contribution in [0.5, 0.6) is 0 Å². The molecular weight excluding hydrogens is 243 g/mol. The molecule has 4 nitrogen and oxygen atoms in total. The largest absolute Gasteiger partial charge is 0.341 e. The second-order valence-electron chi connectivity index (χ2n) is 4.99. The molecule has 1 aromatic carbocycles. The molecule has 1 unspecified atom stereocenters. The molecule has 0 spiro atoms. The van der Waals surface area contributed by atoms with Crippen LogP contribution in [0.15, 0.2) is 18.2 Å². The average molecular weight is 262 g/mol. The molecule has 1 atom stereocenters. The molecule has 2 heterocycles. The molecule has 2 aromatic rings. The Morgan fingerprint density at radius 3 is 2.89 bits per heavy atom. The highest BCUT2D eigenvalue weighted by Gasteiger charge is 2.23. The second kappa shape index (κ2) is 5.27. The van der Waals surface area contributed by atoms with Gasteiger partial charge in [-0.2, -0.15) is 0 Å². The van der Waals surface area contributed by atoms with E-state index in [2.05, 4.69) is 27.1 Å². The third-order valence-electron chi connectivity index (χ3n) is 3.76. The summed E-state index contributed by atoms with van der Waals surface area (Å²) in [5.74, 6) is 0.725. The minimum atomic E-state index is -0.224. The van der Waals surface area contributed by atoms with Gasteiger partial charge in [0.15, 0.2) is 0 Å². The predicted octanol–water partition coefficient (Wildman–Crippen LogP) is 2.06. The van der Waals surface area contributed by atoms with E-state index in [0.29, 0.717) is 0 Å². The molecule has 1 aromatic heterocycles. The molecule has 0 aliphatic carbocycles. The highest BCUT2D eigenvalue weighted by atomic mass is 19.1. The monoisotopic (exact) mass is 262 g/mol. The molecule has 0 saturated carbocycles. The average Bonchev–Trinajstić information content (AvgIpc) is 2.83. The third kappa shape index (κ3) is 2.48. The Morgan fingerprint density at radius 2 is 2.16 bits per heavy atom. The fourth-order valence-corrected chi connectivity index (χ4v) is 2.78. The van der Waals surface area contributed by atoms with Gasteiger partial charge < -0.3 is 10.3 Å². The van der Waals surface area contributed by atoms with Crippen molar-refractivity contribution in [3.8, 4) is 0 Å². The first-order chi connectivity index (χ1) is 9.28. The van der Waals surface area contributed by atoms with Crippen molar-refractivity contribution in [3.05, 3.63) is 29.8 Å². The number of benzene rings is 1. The number of hydrogen-bond acceptors (Lipinski definition) is 3. The lowest BCUT2D eigenvalue weighted by molar-refractivity contribution is 0.164. The van der Waals surface area contributed by atoms with Crippen LogP contribution in [0, 0.1) is 5.82 Å². The standard InChI is InChI=1S/C14H19FN4/c1-2-13(19-7-5-16-6-8-19)14-17-11-4-3-10(15)9-12(11)18-14/h3-4,9,13,16H,2,5-8H2,1H3,(H,17,18). The van der Waals surface area contributed by atoms with Gasteiger partial charge in [-0.3, -0.25) is 4.90 Å². The van der Waals surface area contributed by atoms with Crippen LogP contribution in [-0.2, 0) is 0 Å². The number of nitrogens with zero attached hydrogens (tertiary/aromatic N) is 2. The lowest BCUT2D eigenvalue weighted by atomic mass is 10.1. The van der Waals surface area contributed by atoms with Crippen molar-refractivity contribution in [2.75, 3.05) is 26.2 Å². The number of aromatic nitrogens is 2. The van der Waals surface area contributed by atoms with Crippen molar-refractivity contribution in [3.63, 3.8) is 0 Å². The summed E-state index contributed by atoms with van der Waals surface area (Å²) < 4.78 is 13.2. The van der Waals surface area contributed by atoms with E-state index in [1.54, 1.807) is 6.07 Å². The van der Waals surface area contributed by atoms with Crippen LogP contribution in [0.1, 0.15) is 25.2 Å². The maximum Gasteiger partial charge on any atom is 0.125 e. The summed E-state index contributed by atoms with van der Waals surface area (Å²) >= 11 is 0. The van der Waals surface area contributed by atoms with E-state index in [1.807, 2.05) is 0 Å². The number of hydrogen-bond donors (Lipinski definition) is 2. The first-order valence-electron chi connectivity index (χ1n) is 6.88. The van der Waals surface area contributed by atoms with Gasteiger partial charge in [-0.25, -0.2) is 9.37 Å². The number of H-pyrrole nitrogens is 1. The van der Waals surface area contributed by atoms with Crippen LogP contribution >= 0.6 is 0 Å². The highest BCUT2D eigenvalue weighted by molar-refractivity contribution is 5.75. The van der Waals surface area contributed by atoms with E-state index in [9.17, 15) is 4.39 Å². The number of halogens is 1. The molecule has 1 aliphatic heterocycles. The van der Waals surface area contributed by atoms with Gasteiger partial charge in [0.05, 0.1) is 17.1 Å². The Hall–Kier alpha value is -1.46. The van der Waals surface area contributed by atoms with Crippen LogP contribution in [-0.4, -0.2) is 41.0 Å². The first-order valence-corrected chi connectivity index (χ1v) is 6.88. The number of fused-ring (bicyclic) bond motifs is 1. The van der Waals surface area contributed by atoms with E-state index < -0.39 is 0 Å². The Labute approximate surface area is 112 Å². The van der Waals surface area contributed by atoms with Crippen molar-refractivity contribution in [2.45, 2.75) is 19.4 Å². The van der Waals surface area contributed by atoms with Crippen molar-refractivity contribution < 1.29 is 4.39 Å². The molecule has 19 heavy (non-hydrogen) atoms. The van der Waals surface area contributed by atoms with Gasteiger partial charge >= 0.3 is 0 Å². The van der Waals surface area contributed by atoms with Crippen molar-refractivity contribution in [2.24, 2.45) is 0 Å². The predicted molar refractivity (Wildman–Crippen MR) is 73.5 cm³/mol. The SMILES string of the molecule is CCC(c1nc2ccc(F)cc2[nH]1)N1CCNCC1. The van der Waals surface area contributed by atoms with Gasteiger partial charge in [-0.15, -0.1) is 0 Å². The van der Waals surface area contributed by atoms with E-state index >= 15 is 0 Å². The van der Waals surface area contributed by atoms with Gasteiger partial charge in [0, 0.05) is 26.2 Å². The van der Waals surface area contributed by atoms with Gasteiger partial charge in [-0.05, 0) is 24.6 Å². The van der Waals surface area contributed by atoms with E-state index in [0.717, 1.165) is 49.5 Å². The van der Waals surface area contributed by atoms with Crippen molar-refractivity contribution in [1.82, 2.24) is 20.2 Å². The molecule has 5 heteroatoms. The minimum absolute atomic E-state index is 0.224. The van der Waals surface area contributed by atoms with E-state index in [4.69, 9.17) is 0 Å². The maximum atomic E-state index is 13.2. The fraction of sp³-hybridized carbons (Fsp3) is 0.500. The second-order valence-corrected chi connectivity index (χ2v) is 4.99. The van der Waals surface area contributed by atoms with Crippen LogP contribution in [0.4, 0.5) is 4.39 Å². The zero-order valence-corrected chi connectivity index (χ0v) is 11.1. The molecule has 102 valence electrons. The summed E-state index contributed by atoms with van der Waals surface area (Å²) in [5, 5.41) is 3.36. The van der Waals surface area contributed by atoms with E-state index in [1.165, 1.54) is 12.1 Å². The summed E-state index contributed by atoms with van der Waals surface area (Å²) in [4.78, 5) is 10.3. The quantitative estimate of drug-likeness (QED) is 0.890. The molecule has 0 radical (unpaired) electrons. The maximum absolute atomic E-state index is 13.2. The van der Waals surface area contributed by atoms with Gasteiger partial charge in [-0.1, -0.05) is 6.92 Å². The normalized spacial score (nSPS) is 18.8. The summed E-state index contributed by atoms with van der Waals surface area (Å²) in [6.45, 7) is 6.27. The van der Waals surface area contributed by atoms with Gasteiger partial charge in [0.1, 0.15) is 11.6 Å². The van der Waals surface area contributed by atoms with E-state index in [-0.39, 0.29) is 11.9 Å². The van der Waals surface area contributed by atoms with Crippen molar-refractivity contribution >= 4 is 11.0 Å². The Balaban J connectivity index is 1.91. The molecule has 1 saturated heterocycles. The molecular formula is C14H19FN4. The Kier molecular flexibility index (Phi) is 3.48. The molecule has 0 amide bonds. The first kappa shape index (κ1) is 12.6. The zero-order valence-electron chi connectivity index (χ0n) is 11.1. The van der Waals surface area contributed by atoms with Crippen LogP contribution in [0.2, 0.25) is 0 Å². The summed E-state index contributed by atoms with van der Waals surface area (Å²) in [6.07, 6.45) is 1.00. The number of piperazine rings is 1. The smallest absolute Gasteiger partial charge is 0.125 e. The topological polar surface area (TPSA) is 44.0 Å². The number of nitrogens with one attached hydrogen (secondary N) is 2. The number of imidazole rings is 1. The fourth-order valence-electron chi connectivity index (χ4n) is 2.78. The summed E-state index contributed by atoms with van der Waals surface area (Å²) in [7, 11) is 0. The summed E-state index contributed by atoms with van der Waals surface area (Å²) in [5.41, 5.74) is 1.62. The lowest BCUT2D eigenvalue weighted by Crippen LogP contribution is -2.45. The Bertz CT molecular complexity index is 560. The zero-order chi connectivity index (χ0) is 13.2. The van der Waals surface area contributed by atoms with Gasteiger partial charge in [0.25, 0.3) is 0 Å². The molecule has 3 rings (SSSR count). The van der Waals surface area contributed by atoms with Crippen LogP contribution in [0.3, 0.4) is 0 Å². The molecule has 2 N–H and O–H groups in total.